The van der Waals surface area contributed by atoms with Crippen LogP contribution in [0, 0.1) is 0 Å². The van der Waals surface area contributed by atoms with Crippen LogP contribution in [0.25, 0.3) is 0 Å². The molecule has 4 aromatic carbocycles. The van der Waals surface area contributed by atoms with Crippen molar-refractivity contribution >= 4 is 37.1 Å². The Morgan fingerprint density at radius 2 is 0.550 bits per heavy atom. The number of rotatable bonds is 8. The molecule has 3 unspecified atom stereocenters. The first-order valence-electron chi connectivity index (χ1n) is 12.4. The molecule has 4 rings (SSSR count). The molecule has 4 aromatic rings. The number of hydrogen-bond donors (Lipinski definition) is 0. The third kappa shape index (κ3) is 12.6. The number of hydrogen-bond acceptors (Lipinski definition) is 0. The Labute approximate surface area is 285 Å². The molecule has 0 aliphatic carbocycles. The molecule has 0 bridgehead atoms. The maximum absolute atomic E-state index is 5.18. The summed E-state index contributed by atoms with van der Waals surface area (Å²) < 4.78 is 0. The van der Waals surface area contributed by atoms with Gasteiger partial charge in [0.25, 0.3) is 0 Å². The van der Waals surface area contributed by atoms with Gasteiger partial charge in [0.1, 0.15) is 0 Å². The molecule has 0 spiro atoms. The van der Waals surface area contributed by atoms with Crippen LogP contribution in [0.5, 0.6) is 0 Å². The minimum absolute atomic E-state index is 0. The zero-order valence-corrected chi connectivity index (χ0v) is 29.7. The van der Waals surface area contributed by atoms with Crippen molar-refractivity contribution in [3.63, 3.8) is 0 Å². The van der Waals surface area contributed by atoms with E-state index in [9.17, 15) is 0 Å². The van der Waals surface area contributed by atoms with Gasteiger partial charge in [-0.3, -0.25) is 0 Å². The summed E-state index contributed by atoms with van der Waals surface area (Å²) in [6.45, 7) is 8.90. The van der Waals surface area contributed by atoms with E-state index in [0.29, 0.717) is 21.1 Å². The van der Waals surface area contributed by atoms with Crippen LogP contribution in [0.3, 0.4) is 0 Å². The van der Waals surface area contributed by atoms with Crippen molar-refractivity contribution in [1.29, 1.82) is 0 Å². The smallest absolute Gasteiger partial charge is 1.00 e. The average molecular weight is 742 g/mol. The second-order valence-corrected chi connectivity index (χ2v) is 15.8. The maximum Gasteiger partial charge on any atom is -1.00 e. The Morgan fingerprint density at radius 1 is 0.375 bits per heavy atom. The molecule has 0 aromatic heterocycles. The van der Waals surface area contributed by atoms with Gasteiger partial charge in [-0.05, 0) is 0 Å². The van der Waals surface area contributed by atoms with Gasteiger partial charge in [-0.1, -0.05) is 0 Å². The van der Waals surface area contributed by atoms with Gasteiger partial charge in [-0.2, -0.15) is 0 Å². The van der Waals surface area contributed by atoms with Crippen LogP contribution < -0.4 is 70.8 Å². The van der Waals surface area contributed by atoms with Gasteiger partial charge in [-0.25, -0.2) is 0 Å². The van der Waals surface area contributed by atoms with E-state index in [-0.39, 0.29) is 65.5 Å². The Bertz CT molecular complexity index is 967. The molecular weight excluding hydrogens is 705 g/mol. The van der Waals surface area contributed by atoms with Crippen LogP contribution in [-0.4, -0.2) is 11.3 Å². The van der Waals surface area contributed by atoms with Crippen molar-refractivity contribution in [3.8, 4) is 0 Å². The predicted octanol–water partition coefficient (Wildman–Crippen LogP) is -4.26. The Hall–Kier alpha value is -0.113. The molecule has 40 heavy (non-hydrogen) atoms. The van der Waals surface area contributed by atoms with E-state index in [1.165, 1.54) is 21.2 Å². The van der Waals surface area contributed by atoms with Gasteiger partial charge in [0, 0.05) is 0 Å². The quantitative estimate of drug-likeness (QED) is 0.127. The third-order valence-corrected chi connectivity index (χ3v) is 13.6. The van der Waals surface area contributed by atoms with E-state index >= 15 is 0 Å². The molecule has 0 amide bonds. The van der Waals surface area contributed by atoms with E-state index in [2.05, 4.69) is 149 Å². The molecule has 0 aliphatic heterocycles. The van der Waals surface area contributed by atoms with Gasteiger partial charge in [0.05, 0.1) is 0 Å². The monoisotopic (exact) mass is 738 g/mol. The molecule has 0 nitrogen and oxygen atoms in total. The average Bonchev–Trinajstić information content (AvgIpc) is 2.91. The molecule has 8 heteroatoms. The van der Waals surface area contributed by atoms with Crippen LogP contribution in [0.15, 0.2) is 121 Å². The van der Waals surface area contributed by atoms with E-state index < -0.39 is 0 Å². The molecule has 4 atom stereocenters. The van der Waals surface area contributed by atoms with Crippen molar-refractivity contribution in [2.75, 3.05) is 0 Å². The fourth-order valence-electron chi connectivity index (χ4n) is 3.99. The third-order valence-electron chi connectivity index (χ3n) is 6.22. The van der Waals surface area contributed by atoms with Crippen molar-refractivity contribution in [2.24, 2.45) is 0 Å². The largest absolute Gasteiger partial charge is 1.00 e. The molecule has 0 saturated carbocycles. The summed E-state index contributed by atoms with van der Waals surface area (Å²) in [6, 6.07) is 43.2. The first kappa shape index (κ1) is 42.0. The van der Waals surface area contributed by atoms with E-state index in [1.54, 1.807) is 0 Å². The van der Waals surface area contributed by atoms with Crippen molar-refractivity contribution in [1.82, 2.24) is 0 Å². The predicted molar refractivity (Wildman–Crippen MR) is 156 cm³/mol. The fourth-order valence-corrected chi connectivity index (χ4v) is 10.1. The van der Waals surface area contributed by atoms with Gasteiger partial charge in [0.15, 0.2) is 0 Å². The van der Waals surface area contributed by atoms with E-state index in [1.807, 2.05) is 0 Å². The topological polar surface area (TPSA) is 0 Å². The minimum Gasteiger partial charge on any atom is -1.00 e. The number of halogens is 4. The van der Waals surface area contributed by atoms with Gasteiger partial charge >= 0.3 is 238 Å². The summed E-state index contributed by atoms with van der Waals surface area (Å²) in [4.78, 5) is 0.660. The summed E-state index contributed by atoms with van der Waals surface area (Å²) in [5, 5.41) is 5.70. The fraction of sp³-hybridized carbons (Fsp3) is 0.250. The summed E-state index contributed by atoms with van der Waals surface area (Å²) >= 11 is 10.4. The molecule has 0 heterocycles. The van der Waals surface area contributed by atoms with E-state index in [0.717, 1.165) is 0 Å². The summed E-state index contributed by atoms with van der Waals surface area (Å²) in [5.74, 6) is 0. The van der Waals surface area contributed by atoms with Crippen LogP contribution in [0.1, 0.15) is 27.7 Å². The first-order chi connectivity index (χ1) is 17.4. The van der Waals surface area contributed by atoms with Gasteiger partial charge < -0.3 is 49.6 Å². The van der Waals surface area contributed by atoms with Gasteiger partial charge in [0.2, 0.25) is 0 Å². The van der Waals surface area contributed by atoms with E-state index in [4.69, 9.17) is 30.9 Å². The SMILES string of the molecule is CC([C@H](C)[Ni+2])P(c1ccccc1)c1ccccc1.C[CH]([Ni+2])C(C)P(c1ccccc1)c1ccccc1.[Cl-].[Cl-].[Cl-].[Cl-]. The molecular formula is C32H36Cl4Ni2P2. The second kappa shape index (κ2) is 22.4. The molecule has 0 N–H and O–H groups in total. The Kier molecular flexibility index (Phi) is 23.6. The van der Waals surface area contributed by atoms with Crippen molar-refractivity contribution in [3.05, 3.63) is 121 Å². The van der Waals surface area contributed by atoms with Crippen molar-refractivity contribution in [2.45, 2.75) is 48.8 Å². The summed E-state index contributed by atoms with van der Waals surface area (Å²) in [5.41, 5.74) is 1.06. The zero-order chi connectivity index (χ0) is 25.9. The standard InChI is InChI=1S/2C16H18P.4ClH.2Ni/c2*1-3-14(2)17(15-10-6-4-7-11-15)16-12-8-5-9-13-16;;;;;;/h2*3-14H,1-2H3;4*1H;;/q;;;;;;2*+2/p-4. The molecule has 222 valence electrons. The van der Waals surface area contributed by atoms with Crippen LogP contribution in [-0.2, 0) is 30.9 Å². The Balaban J connectivity index is 0. The molecule has 0 aliphatic rings. The summed E-state index contributed by atoms with van der Waals surface area (Å²) in [6.07, 6.45) is 0. The van der Waals surface area contributed by atoms with Crippen LogP contribution in [0.2, 0.25) is 9.78 Å². The minimum atomic E-state index is -0.345. The number of benzene rings is 4. The van der Waals surface area contributed by atoms with Crippen molar-refractivity contribution < 1.29 is 80.6 Å². The Morgan fingerprint density at radius 3 is 0.700 bits per heavy atom. The normalized spacial score (nSPS) is 13.0. The maximum atomic E-state index is 5.18. The zero-order valence-electron chi connectivity index (χ0n) is 22.9. The van der Waals surface area contributed by atoms with Crippen LogP contribution in [0.4, 0.5) is 0 Å². The first-order valence-corrected chi connectivity index (χ1v) is 16.4. The molecule has 0 fully saturated rings. The second-order valence-electron chi connectivity index (χ2n) is 8.81. The molecule has 0 radical (unpaired) electrons. The molecule has 0 saturated heterocycles. The van der Waals surface area contributed by atoms with Crippen LogP contribution >= 0.6 is 15.8 Å². The summed E-state index contributed by atoms with van der Waals surface area (Å²) in [7, 11) is -0.691. The van der Waals surface area contributed by atoms with Gasteiger partial charge in [-0.15, -0.1) is 0 Å².